The topological polar surface area (TPSA) is 54.9 Å². The van der Waals surface area contributed by atoms with Crippen molar-refractivity contribution in [2.75, 3.05) is 46.6 Å². The molecule has 0 aliphatic rings. The standard InChI is InChI=1S/C19H33N3O2S/c1-4-5-12-23-14-15-24-13-11-21-19(20-3)22-16-17(2)25-18-9-7-6-8-10-18/h6-10,17H,4-5,11-16H2,1-3H3,(H2,20,21,22). The molecule has 0 saturated carbocycles. The van der Waals surface area contributed by atoms with Crippen molar-refractivity contribution in [3.8, 4) is 0 Å². The first-order chi connectivity index (χ1) is 12.3. The van der Waals surface area contributed by atoms with Crippen LogP contribution in [0.4, 0.5) is 0 Å². The highest BCUT2D eigenvalue weighted by Crippen LogP contribution is 2.21. The molecule has 2 N–H and O–H groups in total. The van der Waals surface area contributed by atoms with Crippen molar-refractivity contribution >= 4 is 17.7 Å². The Labute approximate surface area is 157 Å². The Hall–Kier alpha value is -1.24. The number of benzene rings is 1. The fourth-order valence-corrected chi connectivity index (χ4v) is 2.99. The zero-order chi connectivity index (χ0) is 18.2. The van der Waals surface area contributed by atoms with Gasteiger partial charge >= 0.3 is 0 Å². The fraction of sp³-hybridized carbons (Fsp3) is 0.632. The summed E-state index contributed by atoms with van der Waals surface area (Å²) in [6.45, 7) is 8.73. The molecule has 25 heavy (non-hydrogen) atoms. The number of guanidine groups is 1. The predicted molar refractivity (Wildman–Crippen MR) is 108 cm³/mol. The van der Waals surface area contributed by atoms with Gasteiger partial charge in [0.2, 0.25) is 0 Å². The van der Waals surface area contributed by atoms with E-state index in [0.717, 1.165) is 32.1 Å². The van der Waals surface area contributed by atoms with E-state index in [1.54, 1.807) is 7.05 Å². The van der Waals surface area contributed by atoms with Gasteiger partial charge in [0, 0.05) is 36.9 Å². The zero-order valence-corrected chi connectivity index (χ0v) is 16.6. The molecule has 0 aliphatic heterocycles. The minimum absolute atomic E-state index is 0.456. The maximum Gasteiger partial charge on any atom is 0.191 e. The lowest BCUT2D eigenvalue weighted by Crippen LogP contribution is -2.41. The Morgan fingerprint density at radius 1 is 1.08 bits per heavy atom. The van der Waals surface area contributed by atoms with E-state index in [1.807, 2.05) is 17.8 Å². The van der Waals surface area contributed by atoms with Crippen LogP contribution >= 0.6 is 11.8 Å². The summed E-state index contributed by atoms with van der Waals surface area (Å²) in [5.41, 5.74) is 0. The summed E-state index contributed by atoms with van der Waals surface area (Å²) in [7, 11) is 1.78. The number of hydrogen-bond donors (Lipinski definition) is 2. The monoisotopic (exact) mass is 367 g/mol. The molecule has 5 nitrogen and oxygen atoms in total. The number of nitrogens with zero attached hydrogens (tertiary/aromatic N) is 1. The number of nitrogens with one attached hydrogen (secondary N) is 2. The number of hydrogen-bond acceptors (Lipinski definition) is 4. The molecule has 0 radical (unpaired) electrons. The highest BCUT2D eigenvalue weighted by molar-refractivity contribution is 8.00. The van der Waals surface area contributed by atoms with Crippen LogP contribution in [-0.2, 0) is 9.47 Å². The summed E-state index contributed by atoms with van der Waals surface area (Å²) < 4.78 is 11.0. The molecule has 1 aromatic carbocycles. The van der Waals surface area contributed by atoms with Crippen molar-refractivity contribution < 1.29 is 9.47 Å². The number of ether oxygens (including phenoxy) is 2. The summed E-state index contributed by atoms with van der Waals surface area (Å²) in [4.78, 5) is 5.53. The molecule has 0 heterocycles. The lowest BCUT2D eigenvalue weighted by Gasteiger charge is -2.16. The average molecular weight is 368 g/mol. The summed E-state index contributed by atoms with van der Waals surface area (Å²) in [6, 6.07) is 10.4. The van der Waals surface area contributed by atoms with E-state index >= 15 is 0 Å². The van der Waals surface area contributed by atoms with E-state index in [0.29, 0.717) is 25.1 Å². The van der Waals surface area contributed by atoms with Gasteiger partial charge in [0.25, 0.3) is 0 Å². The smallest absolute Gasteiger partial charge is 0.191 e. The SMILES string of the molecule is CCCCOCCOCCNC(=NC)NCC(C)Sc1ccccc1. The quantitative estimate of drug-likeness (QED) is 0.243. The van der Waals surface area contributed by atoms with Crippen LogP contribution < -0.4 is 10.6 Å². The van der Waals surface area contributed by atoms with Crippen LogP contribution in [0.3, 0.4) is 0 Å². The van der Waals surface area contributed by atoms with Crippen molar-refractivity contribution in [1.82, 2.24) is 10.6 Å². The molecular formula is C19H33N3O2S. The third-order valence-corrected chi connectivity index (χ3v) is 4.53. The second-order valence-corrected chi connectivity index (χ2v) is 7.21. The molecule has 0 bridgehead atoms. The first-order valence-electron chi connectivity index (χ1n) is 9.08. The van der Waals surface area contributed by atoms with Crippen LogP contribution in [0.5, 0.6) is 0 Å². The van der Waals surface area contributed by atoms with Gasteiger partial charge in [-0.05, 0) is 18.6 Å². The third kappa shape index (κ3) is 11.9. The van der Waals surface area contributed by atoms with Gasteiger partial charge in [-0.2, -0.15) is 0 Å². The van der Waals surface area contributed by atoms with E-state index < -0.39 is 0 Å². The van der Waals surface area contributed by atoms with Crippen molar-refractivity contribution in [1.29, 1.82) is 0 Å². The molecule has 0 aliphatic carbocycles. The largest absolute Gasteiger partial charge is 0.379 e. The van der Waals surface area contributed by atoms with Crippen LogP contribution in [0, 0.1) is 0 Å². The number of aliphatic imine (C=N–C) groups is 1. The summed E-state index contributed by atoms with van der Waals surface area (Å²) in [5, 5.41) is 7.07. The fourth-order valence-electron chi connectivity index (χ4n) is 2.04. The minimum Gasteiger partial charge on any atom is -0.379 e. The Balaban J connectivity index is 2.04. The normalized spacial score (nSPS) is 12.8. The number of unbranched alkanes of at least 4 members (excludes halogenated alkanes) is 1. The van der Waals surface area contributed by atoms with Crippen molar-refractivity contribution in [2.45, 2.75) is 36.8 Å². The first-order valence-corrected chi connectivity index (χ1v) is 9.96. The van der Waals surface area contributed by atoms with Crippen molar-refractivity contribution in [3.63, 3.8) is 0 Å². The molecule has 1 rings (SSSR count). The second-order valence-electron chi connectivity index (χ2n) is 5.70. The Bertz CT molecular complexity index is 457. The van der Waals surface area contributed by atoms with Gasteiger partial charge in [0.1, 0.15) is 0 Å². The average Bonchev–Trinajstić information content (AvgIpc) is 2.63. The third-order valence-electron chi connectivity index (χ3n) is 3.41. The van der Waals surface area contributed by atoms with Gasteiger partial charge in [0.15, 0.2) is 5.96 Å². The van der Waals surface area contributed by atoms with E-state index in [4.69, 9.17) is 9.47 Å². The molecule has 6 heteroatoms. The van der Waals surface area contributed by atoms with Gasteiger partial charge in [-0.3, -0.25) is 4.99 Å². The van der Waals surface area contributed by atoms with Gasteiger partial charge in [-0.25, -0.2) is 0 Å². The number of rotatable bonds is 13. The lowest BCUT2D eigenvalue weighted by molar-refractivity contribution is 0.0487. The highest BCUT2D eigenvalue weighted by atomic mass is 32.2. The molecular weight excluding hydrogens is 334 g/mol. The molecule has 0 aromatic heterocycles. The molecule has 1 unspecified atom stereocenters. The summed E-state index contributed by atoms with van der Waals surface area (Å²) in [5.74, 6) is 0.809. The van der Waals surface area contributed by atoms with Crippen molar-refractivity contribution in [3.05, 3.63) is 30.3 Å². The Morgan fingerprint density at radius 3 is 2.48 bits per heavy atom. The molecule has 0 saturated heterocycles. The lowest BCUT2D eigenvalue weighted by atomic mass is 10.4. The van der Waals surface area contributed by atoms with Gasteiger partial charge in [-0.15, -0.1) is 11.8 Å². The molecule has 1 atom stereocenters. The predicted octanol–water partition coefficient (Wildman–Crippen LogP) is 3.17. The molecule has 0 spiro atoms. The van der Waals surface area contributed by atoms with E-state index in [1.165, 1.54) is 11.3 Å². The van der Waals surface area contributed by atoms with E-state index in [2.05, 4.69) is 53.7 Å². The molecule has 0 fully saturated rings. The summed E-state index contributed by atoms with van der Waals surface area (Å²) in [6.07, 6.45) is 2.28. The maximum absolute atomic E-state index is 5.54. The van der Waals surface area contributed by atoms with Crippen LogP contribution in [-0.4, -0.2) is 57.8 Å². The maximum atomic E-state index is 5.54. The van der Waals surface area contributed by atoms with Crippen LogP contribution in [0.2, 0.25) is 0 Å². The van der Waals surface area contributed by atoms with Gasteiger partial charge in [0.05, 0.1) is 19.8 Å². The van der Waals surface area contributed by atoms with Crippen LogP contribution in [0.1, 0.15) is 26.7 Å². The second kappa shape index (κ2) is 15.0. The Morgan fingerprint density at radius 2 is 1.80 bits per heavy atom. The van der Waals surface area contributed by atoms with Gasteiger partial charge < -0.3 is 20.1 Å². The molecule has 142 valence electrons. The highest BCUT2D eigenvalue weighted by Gasteiger charge is 2.05. The molecule has 1 aromatic rings. The van der Waals surface area contributed by atoms with Crippen LogP contribution in [0.15, 0.2) is 40.2 Å². The van der Waals surface area contributed by atoms with Gasteiger partial charge in [-0.1, -0.05) is 38.5 Å². The zero-order valence-electron chi connectivity index (χ0n) is 15.8. The summed E-state index contributed by atoms with van der Waals surface area (Å²) >= 11 is 1.86. The first kappa shape index (κ1) is 21.8. The van der Waals surface area contributed by atoms with Crippen LogP contribution in [0.25, 0.3) is 0 Å². The Kier molecular flexibility index (Phi) is 13.1. The number of thioether (sulfide) groups is 1. The molecule has 0 amide bonds. The van der Waals surface area contributed by atoms with E-state index in [-0.39, 0.29) is 0 Å². The van der Waals surface area contributed by atoms with Crippen molar-refractivity contribution in [2.24, 2.45) is 4.99 Å². The minimum atomic E-state index is 0.456. The van der Waals surface area contributed by atoms with E-state index in [9.17, 15) is 0 Å².